The van der Waals surface area contributed by atoms with Crippen LogP contribution in [0.5, 0.6) is 11.5 Å². The predicted octanol–water partition coefficient (Wildman–Crippen LogP) is 3.29. The molecule has 4 rings (SSSR count). The monoisotopic (exact) mass is 478 g/mol. The average molecular weight is 479 g/mol. The largest absolute Gasteiger partial charge is 0.508 e. The van der Waals surface area contributed by atoms with E-state index in [4.69, 9.17) is 9.47 Å². The van der Waals surface area contributed by atoms with Gasteiger partial charge in [0.25, 0.3) is 5.56 Å². The van der Waals surface area contributed by atoms with Gasteiger partial charge in [-0.2, -0.15) is 0 Å². The number of hydrogen-bond acceptors (Lipinski definition) is 7. The van der Waals surface area contributed by atoms with Crippen LogP contribution in [0.1, 0.15) is 44.9 Å². The Hall–Kier alpha value is -3.65. The number of allylic oxidation sites excluding steroid dienone is 1. The van der Waals surface area contributed by atoms with E-state index in [-0.39, 0.29) is 24.0 Å². The Labute approximate surface area is 200 Å². The summed E-state index contributed by atoms with van der Waals surface area (Å²) in [6.07, 6.45) is 1.78. The van der Waals surface area contributed by atoms with Gasteiger partial charge in [0.1, 0.15) is 11.5 Å². The quantitative estimate of drug-likeness (QED) is 0.549. The van der Waals surface area contributed by atoms with Gasteiger partial charge in [-0.3, -0.25) is 9.36 Å². The summed E-state index contributed by atoms with van der Waals surface area (Å²) in [5.74, 6) is 0.360. The normalized spacial score (nSPS) is 15.8. The molecule has 176 valence electrons. The number of ether oxygens (including phenoxy) is 2. The summed E-state index contributed by atoms with van der Waals surface area (Å²) in [5.41, 5.74) is 2.13. The molecule has 1 aliphatic heterocycles. The van der Waals surface area contributed by atoms with Crippen molar-refractivity contribution >= 4 is 23.4 Å². The van der Waals surface area contributed by atoms with E-state index in [9.17, 15) is 14.7 Å². The number of benzene rings is 2. The second-order valence-electron chi connectivity index (χ2n) is 8.13. The maximum Gasteiger partial charge on any atom is 0.338 e. The van der Waals surface area contributed by atoms with Crippen molar-refractivity contribution in [3.05, 3.63) is 90.6 Å². The summed E-state index contributed by atoms with van der Waals surface area (Å²) in [6.45, 7) is 7.62. The topological polar surface area (TPSA) is 90.1 Å². The highest BCUT2D eigenvalue weighted by molar-refractivity contribution is 7.07. The fraction of sp³-hybridized carbons (Fsp3) is 0.269. The fourth-order valence-corrected chi connectivity index (χ4v) is 4.88. The lowest BCUT2D eigenvalue weighted by molar-refractivity contribution is -0.139. The Kier molecular flexibility index (Phi) is 6.70. The van der Waals surface area contributed by atoms with Gasteiger partial charge >= 0.3 is 5.97 Å². The van der Waals surface area contributed by atoms with E-state index in [1.165, 1.54) is 11.3 Å². The molecule has 7 nitrogen and oxygen atoms in total. The van der Waals surface area contributed by atoms with Crippen molar-refractivity contribution in [3.8, 4) is 11.5 Å². The Balaban J connectivity index is 1.89. The molecule has 3 aromatic rings. The van der Waals surface area contributed by atoms with Gasteiger partial charge in [-0.25, -0.2) is 9.79 Å². The van der Waals surface area contributed by atoms with E-state index in [1.807, 2.05) is 38.1 Å². The lowest BCUT2D eigenvalue weighted by Crippen LogP contribution is -2.39. The molecule has 0 fully saturated rings. The number of aromatic hydroxyl groups is 1. The molecule has 0 spiro atoms. The molecule has 0 saturated heterocycles. The van der Waals surface area contributed by atoms with Gasteiger partial charge in [-0.1, -0.05) is 35.6 Å². The molecular weight excluding hydrogens is 452 g/mol. The second-order valence-corrected chi connectivity index (χ2v) is 9.14. The van der Waals surface area contributed by atoms with E-state index in [2.05, 4.69) is 4.99 Å². The first kappa shape index (κ1) is 23.5. The van der Waals surface area contributed by atoms with E-state index >= 15 is 0 Å². The Morgan fingerprint density at radius 2 is 1.85 bits per heavy atom. The molecule has 1 aromatic heterocycles. The number of rotatable bonds is 6. The molecule has 34 heavy (non-hydrogen) atoms. The van der Waals surface area contributed by atoms with Crippen LogP contribution >= 0.6 is 11.3 Å². The first-order valence-corrected chi connectivity index (χ1v) is 11.9. The number of carbonyl (C=O) groups is 1. The number of phenols is 1. The highest BCUT2D eigenvalue weighted by Crippen LogP contribution is 2.31. The maximum atomic E-state index is 13.5. The lowest BCUT2D eigenvalue weighted by atomic mass is 9.96. The zero-order chi connectivity index (χ0) is 24.4. The van der Waals surface area contributed by atoms with Gasteiger partial charge in [0.2, 0.25) is 0 Å². The minimum absolute atomic E-state index is 0.0284. The summed E-state index contributed by atoms with van der Waals surface area (Å²) in [7, 11) is 0. The number of esters is 1. The van der Waals surface area contributed by atoms with E-state index in [0.717, 1.165) is 11.1 Å². The third-order valence-corrected chi connectivity index (χ3v) is 6.26. The smallest absolute Gasteiger partial charge is 0.338 e. The van der Waals surface area contributed by atoms with Crippen LogP contribution in [0.3, 0.4) is 0 Å². The van der Waals surface area contributed by atoms with Crippen LogP contribution < -0.4 is 19.6 Å². The fourth-order valence-electron chi connectivity index (χ4n) is 3.83. The van der Waals surface area contributed by atoms with Crippen molar-refractivity contribution < 1.29 is 19.4 Å². The summed E-state index contributed by atoms with van der Waals surface area (Å²) in [5, 5.41) is 9.54. The van der Waals surface area contributed by atoms with Gasteiger partial charge in [-0.05, 0) is 69.2 Å². The van der Waals surface area contributed by atoms with Crippen LogP contribution in [-0.2, 0) is 9.53 Å². The molecule has 0 unspecified atom stereocenters. The Morgan fingerprint density at radius 1 is 1.18 bits per heavy atom. The zero-order valence-electron chi connectivity index (χ0n) is 19.4. The standard InChI is InChI=1S/C26H26N2O5S/c1-5-32-25(31)22-16(4)27-26-28(23(22)18-8-12-20(13-9-18)33-15(2)3)24(30)21(34-26)14-17-6-10-19(29)11-7-17/h6-15,23,29H,5H2,1-4H3/t23-/m0/s1. The number of hydrogen-bond donors (Lipinski definition) is 1. The number of phenolic OH excluding ortho intramolecular Hbond substituents is 1. The molecule has 0 amide bonds. The van der Waals surface area contributed by atoms with Crippen molar-refractivity contribution in [1.29, 1.82) is 0 Å². The Bertz CT molecular complexity index is 1410. The molecule has 2 heterocycles. The molecule has 0 aliphatic carbocycles. The molecule has 1 aliphatic rings. The van der Waals surface area contributed by atoms with Gasteiger partial charge in [-0.15, -0.1) is 0 Å². The average Bonchev–Trinajstić information content (AvgIpc) is 3.09. The van der Waals surface area contributed by atoms with Crippen molar-refractivity contribution in [2.45, 2.75) is 39.8 Å². The van der Waals surface area contributed by atoms with Crippen LogP contribution in [0.2, 0.25) is 0 Å². The van der Waals surface area contributed by atoms with Crippen LogP contribution in [0.25, 0.3) is 6.08 Å². The third kappa shape index (κ3) is 4.68. The first-order valence-electron chi connectivity index (χ1n) is 11.0. The Morgan fingerprint density at radius 3 is 2.47 bits per heavy atom. The van der Waals surface area contributed by atoms with Crippen molar-refractivity contribution in [2.24, 2.45) is 4.99 Å². The summed E-state index contributed by atoms with van der Waals surface area (Å²) < 4.78 is 13.1. The lowest BCUT2D eigenvalue weighted by Gasteiger charge is -2.25. The van der Waals surface area contributed by atoms with E-state index in [1.54, 1.807) is 48.8 Å². The van der Waals surface area contributed by atoms with Crippen molar-refractivity contribution in [1.82, 2.24) is 4.57 Å². The zero-order valence-corrected chi connectivity index (χ0v) is 20.3. The van der Waals surface area contributed by atoms with E-state index < -0.39 is 12.0 Å². The minimum atomic E-state index is -0.676. The van der Waals surface area contributed by atoms with Crippen LogP contribution in [-0.4, -0.2) is 28.4 Å². The molecule has 2 aromatic carbocycles. The summed E-state index contributed by atoms with van der Waals surface area (Å²) in [4.78, 5) is 31.6. The van der Waals surface area contributed by atoms with Gasteiger partial charge in [0.05, 0.1) is 34.6 Å². The van der Waals surface area contributed by atoms with Crippen LogP contribution in [0.4, 0.5) is 0 Å². The number of carbonyl (C=O) groups excluding carboxylic acids is 1. The maximum absolute atomic E-state index is 13.5. The SMILES string of the molecule is CCOC(=O)C1=C(C)N=c2sc(=Cc3ccc(O)cc3)c(=O)n2[C@H]1c1ccc(OC(C)C)cc1. The number of nitrogens with zero attached hydrogens (tertiary/aromatic N) is 2. The summed E-state index contributed by atoms with van der Waals surface area (Å²) >= 11 is 1.26. The molecular formula is C26H26N2O5S. The molecule has 1 N–H and O–H groups in total. The number of fused-ring (bicyclic) bond motifs is 1. The molecule has 0 saturated carbocycles. The van der Waals surface area contributed by atoms with E-state index in [0.29, 0.717) is 26.4 Å². The number of aromatic nitrogens is 1. The predicted molar refractivity (Wildman–Crippen MR) is 131 cm³/mol. The second kappa shape index (κ2) is 9.69. The highest BCUT2D eigenvalue weighted by atomic mass is 32.1. The molecule has 1 atom stereocenters. The van der Waals surface area contributed by atoms with Gasteiger partial charge < -0.3 is 14.6 Å². The summed E-state index contributed by atoms with van der Waals surface area (Å²) in [6, 6.07) is 13.3. The van der Waals surface area contributed by atoms with Crippen molar-refractivity contribution in [2.75, 3.05) is 6.61 Å². The van der Waals surface area contributed by atoms with Gasteiger partial charge in [0, 0.05) is 0 Å². The minimum Gasteiger partial charge on any atom is -0.508 e. The number of thiazole rings is 1. The highest BCUT2D eigenvalue weighted by Gasteiger charge is 2.33. The molecule has 8 heteroatoms. The first-order chi connectivity index (χ1) is 16.3. The van der Waals surface area contributed by atoms with Gasteiger partial charge in [0.15, 0.2) is 4.80 Å². The van der Waals surface area contributed by atoms with Crippen LogP contribution in [0, 0.1) is 0 Å². The molecule has 0 radical (unpaired) electrons. The van der Waals surface area contributed by atoms with Crippen LogP contribution in [0.15, 0.2) is 69.6 Å². The molecule has 0 bridgehead atoms. The van der Waals surface area contributed by atoms with Crippen molar-refractivity contribution in [3.63, 3.8) is 0 Å². The third-order valence-electron chi connectivity index (χ3n) is 5.28.